The first kappa shape index (κ1) is 18.5. The maximum absolute atomic E-state index is 11.9. The molecule has 0 spiro atoms. The van der Waals surface area contributed by atoms with Crippen molar-refractivity contribution in [2.45, 2.75) is 37.6 Å². The van der Waals surface area contributed by atoms with Crippen molar-refractivity contribution in [3.8, 4) is 11.8 Å². The highest BCUT2D eigenvalue weighted by molar-refractivity contribution is 5.82. The zero-order valence-electron chi connectivity index (χ0n) is 13.8. The topological polar surface area (TPSA) is 105 Å². The Morgan fingerprint density at radius 3 is 2.44 bits per heavy atom. The molecule has 1 amide bonds. The van der Waals surface area contributed by atoms with Crippen LogP contribution in [0, 0.1) is 11.3 Å². The average Bonchev–Trinajstić information content (AvgIpc) is 2.66. The van der Waals surface area contributed by atoms with E-state index < -0.39 is 24.0 Å². The zero-order valence-corrected chi connectivity index (χ0v) is 13.8. The predicted molar refractivity (Wildman–Crippen MR) is 87.9 cm³/mol. The number of amides is 1. The number of hydrogen-bond donors (Lipinski definition) is 1. The Hall–Kier alpha value is -2.88. The molecule has 0 atom stereocenters. The maximum atomic E-state index is 11.9. The maximum Gasteiger partial charge on any atom is 0.344 e. The summed E-state index contributed by atoms with van der Waals surface area (Å²) in [6.45, 7) is -0.799. The van der Waals surface area contributed by atoms with Crippen LogP contribution in [0.25, 0.3) is 0 Å². The van der Waals surface area contributed by atoms with Gasteiger partial charge in [0.15, 0.2) is 13.2 Å². The molecule has 0 heterocycles. The Labute approximate surface area is 145 Å². The molecule has 2 rings (SSSR count). The Balaban J connectivity index is 1.72. The van der Waals surface area contributed by atoms with Crippen LogP contribution in [-0.2, 0) is 14.3 Å². The largest absolute Gasteiger partial charge is 0.482 e. The average molecular weight is 344 g/mol. The molecule has 7 heteroatoms. The van der Waals surface area contributed by atoms with Crippen molar-refractivity contribution in [1.82, 2.24) is 5.32 Å². The SMILES string of the molecule is N#CC1(NC(=O)COC(=O)COc2ccc(C=O)cc2)CCCCC1. The smallest absolute Gasteiger partial charge is 0.344 e. The molecular weight excluding hydrogens is 324 g/mol. The fourth-order valence-electron chi connectivity index (χ4n) is 2.70. The quantitative estimate of drug-likeness (QED) is 0.597. The highest BCUT2D eigenvalue weighted by atomic mass is 16.6. The van der Waals surface area contributed by atoms with E-state index in [0.29, 0.717) is 30.4 Å². The van der Waals surface area contributed by atoms with Gasteiger partial charge in [-0.1, -0.05) is 19.3 Å². The van der Waals surface area contributed by atoms with Gasteiger partial charge >= 0.3 is 5.97 Å². The minimum absolute atomic E-state index is 0.350. The van der Waals surface area contributed by atoms with Crippen LogP contribution in [-0.4, -0.2) is 36.9 Å². The lowest BCUT2D eigenvalue weighted by Gasteiger charge is -2.31. The van der Waals surface area contributed by atoms with Gasteiger partial charge in [0.2, 0.25) is 0 Å². The Kier molecular flexibility index (Phi) is 6.52. The monoisotopic (exact) mass is 344 g/mol. The zero-order chi connectivity index (χ0) is 18.1. The molecule has 132 valence electrons. The first-order chi connectivity index (χ1) is 12.1. The van der Waals surface area contributed by atoms with E-state index in [1.165, 1.54) is 0 Å². The number of carbonyl (C=O) groups is 3. The Morgan fingerprint density at radius 2 is 1.84 bits per heavy atom. The van der Waals surface area contributed by atoms with Gasteiger partial charge in [0.05, 0.1) is 6.07 Å². The summed E-state index contributed by atoms with van der Waals surface area (Å²) < 4.78 is 10.1. The van der Waals surface area contributed by atoms with Gasteiger partial charge in [-0.3, -0.25) is 9.59 Å². The Morgan fingerprint density at radius 1 is 1.16 bits per heavy atom. The number of esters is 1. The van der Waals surface area contributed by atoms with Gasteiger partial charge in [0.1, 0.15) is 17.6 Å². The minimum Gasteiger partial charge on any atom is -0.482 e. The van der Waals surface area contributed by atoms with Crippen LogP contribution in [0.3, 0.4) is 0 Å². The lowest BCUT2D eigenvalue weighted by molar-refractivity contribution is -0.150. The third-order valence-electron chi connectivity index (χ3n) is 4.04. The van der Waals surface area contributed by atoms with Crippen LogP contribution in [0.15, 0.2) is 24.3 Å². The lowest BCUT2D eigenvalue weighted by atomic mass is 9.83. The molecule has 1 aliphatic rings. The number of nitriles is 1. The molecule has 0 aliphatic heterocycles. The molecule has 0 saturated heterocycles. The first-order valence-electron chi connectivity index (χ1n) is 8.13. The summed E-state index contributed by atoms with van der Waals surface area (Å²) >= 11 is 0. The minimum atomic E-state index is -0.849. The standard InChI is InChI=1S/C18H20N2O5/c19-13-18(8-2-1-3-9-18)20-16(22)11-25-17(23)12-24-15-6-4-14(10-21)5-7-15/h4-7,10H,1-3,8-9,11-12H2,(H,20,22). The Bertz CT molecular complexity index is 657. The molecule has 0 aromatic heterocycles. The molecule has 0 radical (unpaired) electrons. The number of ether oxygens (including phenoxy) is 2. The summed E-state index contributed by atoms with van der Waals surface area (Å²) in [7, 11) is 0. The van der Waals surface area contributed by atoms with Crippen molar-refractivity contribution in [3.63, 3.8) is 0 Å². The van der Waals surface area contributed by atoms with E-state index in [4.69, 9.17) is 9.47 Å². The second kappa shape index (κ2) is 8.83. The van der Waals surface area contributed by atoms with E-state index in [-0.39, 0.29) is 6.61 Å². The molecular formula is C18H20N2O5. The second-order valence-electron chi connectivity index (χ2n) is 5.94. The van der Waals surface area contributed by atoms with Gasteiger partial charge < -0.3 is 14.8 Å². The van der Waals surface area contributed by atoms with Crippen molar-refractivity contribution < 1.29 is 23.9 Å². The van der Waals surface area contributed by atoms with Crippen molar-refractivity contribution in [3.05, 3.63) is 29.8 Å². The summed E-state index contributed by atoms with van der Waals surface area (Å²) in [6.07, 6.45) is 4.78. The van der Waals surface area contributed by atoms with Crippen LogP contribution in [0.4, 0.5) is 0 Å². The van der Waals surface area contributed by atoms with Crippen molar-refractivity contribution in [2.24, 2.45) is 0 Å². The van der Waals surface area contributed by atoms with E-state index in [9.17, 15) is 19.6 Å². The fraction of sp³-hybridized carbons (Fsp3) is 0.444. The third kappa shape index (κ3) is 5.60. The predicted octanol–water partition coefficient (Wildman–Crippen LogP) is 1.76. The number of hydrogen-bond acceptors (Lipinski definition) is 6. The van der Waals surface area contributed by atoms with Gasteiger partial charge in [0, 0.05) is 5.56 Å². The van der Waals surface area contributed by atoms with Crippen LogP contribution in [0.5, 0.6) is 5.75 Å². The number of aldehydes is 1. The van der Waals surface area contributed by atoms with Gasteiger partial charge in [-0.25, -0.2) is 4.79 Å². The molecule has 1 N–H and O–H groups in total. The highest BCUT2D eigenvalue weighted by Crippen LogP contribution is 2.27. The number of carbonyl (C=O) groups excluding carboxylic acids is 3. The van der Waals surface area contributed by atoms with E-state index in [1.807, 2.05) is 0 Å². The van der Waals surface area contributed by atoms with Gasteiger partial charge in [0.25, 0.3) is 5.91 Å². The van der Waals surface area contributed by atoms with Crippen LogP contribution in [0.1, 0.15) is 42.5 Å². The highest BCUT2D eigenvalue weighted by Gasteiger charge is 2.33. The van der Waals surface area contributed by atoms with Gasteiger partial charge in [-0.2, -0.15) is 5.26 Å². The summed E-state index contributed by atoms with van der Waals surface area (Å²) in [5.74, 6) is -0.769. The first-order valence-corrected chi connectivity index (χ1v) is 8.13. The molecule has 1 aliphatic carbocycles. The second-order valence-corrected chi connectivity index (χ2v) is 5.94. The van der Waals surface area contributed by atoms with Gasteiger partial charge in [-0.05, 0) is 37.1 Å². The number of rotatable bonds is 7. The van der Waals surface area contributed by atoms with Crippen LogP contribution < -0.4 is 10.1 Å². The van der Waals surface area contributed by atoms with E-state index in [1.54, 1.807) is 24.3 Å². The van der Waals surface area contributed by atoms with Crippen LogP contribution in [0.2, 0.25) is 0 Å². The number of nitrogens with zero attached hydrogens (tertiary/aromatic N) is 1. The summed E-state index contributed by atoms with van der Waals surface area (Å²) in [4.78, 5) is 34.1. The molecule has 0 unspecified atom stereocenters. The molecule has 25 heavy (non-hydrogen) atoms. The molecule has 1 aromatic carbocycles. The molecule has 1 saturated carbocycles. The fourth-order valence-corrected chi connectivity index (χ4v) is 2.70. The van der Waals surface area contributed by atoms with Crippen LogP contribution >= 0.6 is 0 Å². The van der Waals surface area contributed by atoms with Crippen molar-refractivity contribution >= 4 is 18.2 Å². The van der Waals surface area contributed by atoms with Crippen molar-refractivity contribution in [2.75, 3.05) is 13.2 Å². The van der Waals surface area contributed by atoms with E-state index in [2.05, 4.69) is 11.4 Å². The van der Waals surface area contributed by atoms with E-state index >= 15 is 0 Å². The molecule has 1 fully saturated rings. The number of nitrogens with one attached hydrogen (secondary N) is 1. The lowest BCUT2D eigenvalue weighted by Crippen LogP contribution is -2.50. The molecule has 1 aromatic rings. The summed E-state index contributed by atoms with van der Waals surface area (Å²) in [5, 5.41) is 12.0. The number of benzene rings is 1. The molecule has 0 bridgehead atoms. The summed E-state index contributed by atoms with van der Waals surface area (Å²) in [6, 6.07) is 8.41. The van der Waals surface area contributed by atoms with Gasteiger partial charge in [-0.15, -0.1) is 0 Å². The normalized spacial score (nSPS) is 15.5. The van der Waals surface area contributed by atoms with Crippen molar-refractivity contribution in [1.29, 1.82) is 5.26 Å². The summed E-state index contributed by atoms with van der Waals surface area (Å²) in [5.41, 5.74) is -0.348. The van der Waals surface area contributed by atoms with E-state index in [0.717, 1.165) is 19.3 Å². The molecule has 7 nitrogen and oxygen atoms in total. The third-order valence-corrected chi connectivity index (χ3v) is 4.04.